The van der Waals surface area contributed by atoms with Crippen molar-refractivity contribution in [1.29, 1.82) is 0 Å². The Bertz CT molecular complexity index is 829. The van der Waals surface area contributed by atoms with E-state index in [1.54, 1.807) is 42.5 Å². The third-order valence-electron chi connectivity index (χ3n) is 3.76. The van der Waals surface area contributed by atoms with Gasteiger partial charge in [0.2, 0.25) is 10.0 Å². The largest absolute Gasteiger partial charge is 0.468 e. The van der Waals surface area contributed by atoms with Gasteiger partial charge in [-0.1, -0.05) is 54.1 Å². The number of rotatable bonds is 7. The molecule has 1 atom stereocenters. The molecule has 0 radical (unpaired) electrons. The Hall–Kier alpha value is -2.44. The number of ether oxygens (including phenoxy) is 1. The normalized spacial score (nSPS) is 12.6. The smallest absolute Gasteiger partial charge is 0.328 e. The predicted octanol–water partition coefficient (Wildman–Crippen LogP) is 3.09. The zero-order valence-electron chi connectivity index (χ0n) is 14.3. The average Bonchev–Trinajstić information content (AvgIpc) is 2.62. The molecule has 2 aromatic carbocycles. The topological polar surface area (TPSA) is 63.7 Å². The summed E-state index contributed by atoms with van der Waals surface area (Å²) in [6.07, 6.45) is 1.45. The van der Waals surface area contributed by atoms with Gasteiger partial charge in [0.05, 0.1) is 12.0 Å². The number of aryl methyl sites for hydroxylation is 1. The van der Waals surface area contributed by atoms with Crippen LogP contribution in [0, 0.1) is 6.92 Å². The number of carbonyl (C=O) groups is 1. The molecule has 0 heterocycles. The highest BCUT2D eigenvalue weighted by atomic mass is 32.2. The van der Waals surface area contributed by atoms with Crippen LogP contribution in [-0.4, -0.2) is 32.3 Å². The molecule has 0 N–H and O–H groups in total. The first-order chi connectivity index (χ1) is 11.9. The third-order valence-corrected chi connectivity index (χ3v) is 5.61. The molecule has 0 aromatic heterocycles. The van der Waals surface area contributed by atoms with E-state index in [2.05, 4.69) is 6.58 Å². The van der Waals surface area contributed by atoms with E-state index in [-0.39, 0.29) is 11.4 Å². The van der Waals surface area contributed by atoms with E-state index >= 15 is 0 Å². The first-order valence-corrected chi connectivity index (χ1v) is 9.18. The van der Waals surface area contributed by atoms with Gasteiger partial charge in [-0.25, -0.2) is 13.2 Å². The monoisotopic (exact) mass is 359 g/mol. The fourth-order valence-electron chi connectivity index (χ4n) is 2.48. The zero-order valence-corrected chi connectivity index (χ0v) is 15.1. The minimum Gasteiger partial charge on any atom is -0.468 e. The maximum Gasteiger partial charge on any atom is 0.328 e. The maximum atomic E-state index is 13.1. The van der Waals surface area contributed by atoms with Gasteiger partial charge in [-0.05, 0) is 24.6 Å². The van der Waals surface area contributed by atoms with Gasteiger partial charge in [0.1, 0.15) is 6.04 Å². The van der Waals surface area contributed by atoms with Gasteiger partial charge < -0.3 is 4.74 Å². The van der Waals surface area contributed by atoms with E-state index in [9.17, 15) is 13.2 Å². The highest BCUT2D eigenvalue weighted by Gasteiger charge is 2.37. The minimum absolute atomic E-state index is 0.0229. The van der Waals surface area contributed by atoms with E-state index in [0.717, 1.165) is 9.87 Å². The van der Waals surface area contributed by atoms with Crippen LogP contribution in [0.25, 0.3) is 0 Å². The van der Waals surface area contributed by atoms with Crippen molar-refractivity contribution in [3.05, 3.63) is 78.4 Å². The van der Waals surface area contributed by atoms with Crippen LogP contribution < -0.4 is 0 Å². The van der Waals surface area contributed by atoms with Gasteiger partial charge in [-0.15, -0.1) is 6.58 Å². The Labute approximate surface area is 148 Å². The molecule has 0 aliphatic carbocycles. The number of benzene rings is 2. The Morgan fingerprint density at radius 3 is 2.28 bits per heavy atom. The van der Waals surface area contributed by atoms with Gasteiger partial charge in [0, 0.05) is 6.54 Å². The number of sulfonamides is 1. The van der Waals surface area contributed by atoms with Gasteiger partial charge in [0.15, 0.2) is 0 Å². The molecule has 132 valence electrons. The summed E-state index contributed by atoms with van der Waals surface area (Å²) in [5, 5.41) is 0. The van der Waals surface area contributed by atoms with Crippen LogP contribution in [0.1, 0.15) is 17.2 Å². The first-order valence-electron chi connectivity index (χ1n) is 7.74. The zero-order chi connectivity index (χ0) is 18.4. The quantitative estimate of drug-likeness (QED) is 0.563. The van der Waals surface area contributed by atoms with Crippen molar-refractivity contribution in [2.75, 3.05) is 13.7 Å². The summed E-state index contributed by atoms with van der Waals surface area (Å²) in [5.41, 5.74) is 1.48. The van der Waals surface area contributed by atoms with Gasteiger partial charge in [0.25, 0.3) is 0 Å². The molecule has 0 spiro atoms. The molecule has 5 nitrogen and oxygen atoms in total. The van der Waals surface area contributed by atoms with Crippen LogP contribution in [0.15, 0.2) is 72.1 Å². The summed E-state index contributed by atoms with van der Waals surface area (Å²) >= 11 is 0. The third kappa shape index (κ3) is 4.15. The van der Waals surface area contributed by atoms with Gasteiger partial charge >= 0.3 is 5.97 Å². The van der Waals surface area contributed by atoms with Crippen molar-refractivity contribution in [3.8, 4) is 0 Å². The number of hydrogen-bond acceptors (Lipinski definition) is 4. The van der Waals surface area contributed by atoms with Crippen molar-refractivity contribution in [2.45, 2.75) is 17.9 Å². The van der Waals surface area contributed by atoms with Crippen molar-refractivity contribution < 1.29 is 17.9 Å². The standard InChI is InChI=1S/C19H21NO4S/c1-4-14-20(25(22,23)17-12-10-15(2)11-13-17)18(19(21)24-3)16-8-6-5-7-9-16/h4-13,18H,1,14H2,2-3H3/t18-/m0/s1. The van der Waals surface area contributed by atoms with Crippen LogP contribution >= 0.6 is 0 Å². The molecule has 0 aliphatic heterocycles. The van der Waals surface area contributed by atoms with Crippen molar-refractivity contribution >= 4 is 16.0 Å². The molecule has 2 aromatic rings. The summed E-state index contributed by atoms with van der Waals surface area (Å²) < 4.78 is 32.2. The van der Waals surface area contributed by atoms with Crippen molar-refractivity contribution in [3.63, 3.8) is 0 Å². The lowest BCUT2D eigenvalue weighted by Gasteiger charge is -2.28. The Morgan fingerprint density at radius 2 is 1.76 bits per heavy atom. The van der Waals surface area contributed by atoms with E-state index in [4.69, 9.17) is 4.74 Å². The van der Waals surface area contributed by atoms with E-state index in [0.29, 0.717) is 5.56 Å². The minimum atomic E-state index is -3.92. The Kier molecular flexibility index (Phi) is 6.12. The second kappa shape index (κ2) is 8.09. The molecule has 0 saturated carbocycles. The van der Waals surface area contributed by atoms with Gasteiger partial charge in [-0.3, -0.25) is 0 Å². The van der Waals surface area contributed by atoms with Crippen LogP contribution in [0.2, 0.25) is 0 Å². The SMILES string of the molecule is C=CCN([C@H](C(=O)OC)c1ccccc1)S(=O)(=O)c1ccc(C)cc1. The molecular weight excluding hydrogens is 338 g/mol. The summed E-state index contributed by atoms with van der Waals surface area (Å²) in [6, 6.07) is 14.1. The maximum absolute atomic E-state index is 13.1. The number of esters is 1. The lowest BCUT2D eigenvalue weighted by Crippen LogP contribution is -2.39. The molecule has 0 saturated heterocycles. The van der Waals surface area contributed by atoms with Crippen molar-refractivity contribution in [2.24, 2.45) is 0 Å². The number of hydrogen-bond donors (Lipinski definition) is 0. The van der Waals surface area contributed by atoms with Crippen LogP contribution in [-0.2, 0) is 19.6 Å². The molecule has 0 unspecified atom stereocenters. The lowest BCUT2D eigenvalue weighted by molar-refractivity contribution is -0.145. The molecular formula is C19H21NO4S. The summed E-state index contributed by atoms with van der Waals surface area (Å²) in [7, 11) is -2.68. The van der Waals surface area contributed by atoms with Crippen LogP contribution in [0.4, 0.5) is 0 Å². The molecule has 6 heteroatoms. The fraction of sp³-hybridized carbons (Fsp3) is 0.211. The second-order valence-electron chi connectivity index (χ2n) is 5.51. The number of methoxy groups -OCH3 is 1. The molecule has 0 amide bonds. The Morgan fingerprint density at radius 1 is 1.16 bits per heavy atom. The Balaban J connectivity index is 2.57. The van der Waals surface area contributed by atoms with Gasteiger partial charge in [-0.2, -0.15) is 4.31 Å². The molecule has 25 heavy (non-hydrogen) atoms. The predicted molar refractivity (Wildman–Crippen MR) is 96.5 cm³/mol. The summed E-state index contributed by atoms with van der Waals surface area (Å²) in [4.78, 5) is 12.5. The summed E-state index contributed by atoms with van der Waals surface area (Å²) in [6.45, 7) is 5.48. The number of carbonyl (C=O) groups excluding carboxylic acids is 1. The average molecular weight is 359 g/mol. The lowest BCUT2D eigenvalue weighted by atomic mass is 10.1. The van der Waals surface area contributed by atoms with E-state index in [1.165, 1.54) is 25.3 Å². The molecule has 2 rings (SSSR count). The number of nitrogens with zero attached hydrogens (tertiary/aromatic N) is 1. The van der Waals surface area contributed by atoms with E-state index < -0.39 is 22.0 Å². The molecule has 0 aliphatic rings. The summed E-state index contributed by atoms with van der Waals surface area (Å²) in [5.74, 6) is -0.649. The first kappa shape index (κ1) is 18.9. The van der Waals surface area contributed by atoms with Crippen LogP contribution in [0.3, 0.4) is 0 Å². The van der Waals surface area contributed by atoms with Crippen LogP contribution in [0.5, 0.6) is 0 Å². The molecule has 0 bridgehead atoms. The second-order valence-corrected chi connectivity index (χ2v) is 7.40. The fourth-order valence-corrected chi connectivity index (χ4v) is 4.02. The van der Waals surface area contributed by atoms with Crippen molar-refractivity contribution in [1.82, 2.24) is 4.31 Å². The highest BCUT2D eigenvalue weighted by Crippen LogP contribution is 2.29. The highest BCUT2D eigenvalue weighted by molar-refractivity contribution is 7.89. The molecule has 0 fully saturated rings. The van der Waals surface area contributed by atoms with E-state index in [1.807, 2.05) is 6.92 Å².